The van der Waals surface area contributed by atoms with Gasteiger partial charge in [0.1, 0.15) is 0 Å². The zero-order chi connectivity index (χ0) is 23.9. The van der Waals surface area contributed by atoms with Crippen LogP contribution in [-0.2, 0) is 0 Å². The Morgan fingerprint density at radius 2 is 1.94 bits per heavy atom. The summed E-state index contributed by atoms with van der Waals surface area (Å²) in [5.74, 6) is 1.45. The molecule has 2 unspecified atom stereocenters. The van der Waals surface area contributed by atoms with E-state index in [1.54, 1.807) is 6.07 Å². The molecule has 186 valence electrons. The second-order valence-electron chi connectivity index (χ2n) is 9.42. The summed E-state index contributed by atoms with van der Waals surface area (Å²) in [6, 6.07) is 5.25. The molecule has 34 heavy (non-hydrogen) atoms. The zero-order valence-corrected chi connectivity index (χ0v) is 20.4. The molecule has 4 rings (SSSR count). The van der Waals surface area contributed by atoms with E-state index in [4.69, 9.17) is 15.5 Å². The first-order chi connectivity index (χ1) is 16.6. The molecule has 2 heterocycles. The highest BCUT2D eigenvalue weighted by Gasteiger charge is 2.32. The number of hydrogen-bond donors (Lipinski definition) is 3. The fourth-order valence-electron chi connectivity index (χ4n) is 5.32. The van der Waals surface area contributed by atoms with Crippen molar-refractivity contribution in [3.63, 3.8) is 0 Å². The minimum Gasteiger partial charge on any atom is -0.494 e. The average Bonchev–Trinajstić information content (AvgIpc) is 3.23. The van der Waals surface area contributed by atoms with Gasteiger partial charge in [-0.05, 0) is 56.7 Å². The van der Waals surface area contributed by atoms with E-state index >= 15 is 0 Å². The van der Waals surface area contributed by atoms with Crippen molar-refractivity contribution in [1.29, 1.82) is 0 Å². The van der Waals surface area contributed by atoms with Crippen molar-refractivity contribution in [2.45, 2.75) is 76.8 Å². The van der Waals surface area contributed by atoms with Crippen LogP contribution in [-0.4, -0.2) is 47.2 Å². The minimum absolute atomic E-state index is 0.0341. The van der Waals surface area contributed by atoms with Crippen LogP contribution >= 0.6 is 0 Å². The Labute approximate surface area is 201 Å². The fraction of sp³-hybridized carbons (Fsp3) is 0.640. The number of anilines is 4. The third kappa shape index (κ3) is 5.87. The van der Waals surface area contributed by atoms with Crippen molar-refractivity contribution < 1.29 is 9.13 Å². The summed E-state index contributed by atoms with van der Waals surface area (Å²) in [5, 5.41) is 7.00. The maximum absolute atomic E-state index is 14.7. The predicted octanol–water partition coefficient (Wildman–Crippen LogP) is 4.65. The Hall–Kier alpha value is -2.68. The summed E-state index contributed by atoms with van der Waals surface area (Å²) >= 11 is 0. The Bertz CT molecular complexity index is 929. The van der Waals surface area contributed by atoms with Crippen LogP contribution in [0.2, 0.25) is 0 Å². The third-order valence-electron chi connectivity index (χ3n) is 7.11. The first-order valence-electron chi connectivity index (χ1n) is 12.7. The van der Waals surface area contributed by atoms with Gasteiger partial charge in [-0.25, -0.2) is 4.39 Å². The van der Waals surface area contributed by atoms with E-state index in [2.05, 4.69) is 27.5 Å². The fourth-order valence-corrected chi connectivity index (χ4v) is 5.32. The number of benzene rings is 1. The van der Waals surface area contributed by atoms with Crippen molar-refractivity contribution in [3.05, 3.63) is 24.0 Å². The lowest BCUT2D eigenvalue weighted by Crippen LogP contribution is -2.46. The number of methoxy groups -OCH3 is 1. The number of halogens is 1. The van der Waals surface area contributed by atoms with Gasteiger partial charge in [0, 0.05) is 24.3 Å². The summed E-state index contributed by atoms with van der Waals surface area (Å²) < 4.78 is 19.9. The predicted molar refractivity (Wildman–Crippen MR) is 134 cm³/mol. The number of hydrogen-bond acceptors (Lipinski definition) is 8. The highest BCUT2D eigenvalue weighted by atomic mass is 19.1. The van der Waals surface area contributed by atoms with E-state index in [1.165, 1.54) is 51.7 Å². The second kappa shape index (κ2) is 11.6. The molecule has 2 atom stereocenters. The lowest BCUT2D eigenvalue weighted by molar-refractivity contribution is 0.386. The topological polar surface area (TPSA) is 101 Å². The summed E-state index contributed by atoms with van der Waals surface area (Å²) in [5.41, 5.74) is 6.81. The van der Waals surface area contributed by atoms with Crippen molar-refractivity contribution >= 4 is 23.5 Å². The number of rotatable bonds is 9. The normalized spacial score (nSPS) is 20.0. The Balaban J connectivity index is 1.65. The maximum atomic E-state index is 14.7. The van der Waals surface area contributed by atoms with E-state index in [0.717, 1.165) is 32.4 Å². The molecule has 2 aromatic rings. The van der Waals surface area contributed by atoms with Gasteiger partial charge in [-0.1, -0.05) is 32.6 Å². The van der Waals surface area contributed by atoms with Gasteiger partial charge in [0.05, 0.1) is 13.2 Å². The van der Waals surface area contributed by atoms with Crippen LogP contribution in [0.5, 0.6) is 5.75 Å². The maximum Gasteiger partial charge on any atom is 0.236 e. The van der Waals surface area contributed by atoms with Crippen molar-refractivity contribution in [2.24, 2.45) is 5.92 Å². The smallest absolute Gasteiger partial charge is 0.236 e. The van der Waals surface area contributed by atoms with E-state index in [1.807, 2.05) is 11.0 Å². The molecule has 1 aromatic carbocycles. The zero-order valence-electron chi connectivity index (χ0n) is 20.4. The van der Waals surface area contributed by atoms with E-state index < -0.39 is 5.82 Å². The van der Waals surface area contributed by atoms with E-state index in [0.29, 0.717) is 23.5 Å². The molecule has 9 heteroatoms. The van der Waals surface area contributed by atoms with Crippen LogP contribution in [0.15, 0.2) is 18.2 Å². The standard InChI is InChI=1S/C25H38FN7O/c1-3-21(20-11-8-14-28-20)33(18-12-13-22(34-2)19(26)15-18)25-31-23(27)30-24(32-25)29-16-17-9-6-4-5-7-10-17/h12-13,15,17,20-21,28H,3-11,14,16H2,1-2H3,(H3,27,29,30,31,32). The van der Waals surface area contributed by atoms with Crippen LogP contribution in [0.3, 0.4) is 0 Å². The largest absolute Gasteiger partial charge is 0.494 e. The van der Waals surface area contributed by atoms with E-state index in [9.17, 15) is 4.39 Å². The number of nitrogens with zero attached hydrogens (tertiary/aromatic N) is 4. The molecule has 1 aromatic heterocycles. The van der Waals surface area contributed by atoms with Crippen LogP contribution in [0, 0.1) is 11.7 Å². The molecule has 4 N–H and O–H groups in total. The number of aromatic nitrogens is 3. The van der Waals surface area contributed by atoms with Crippen LogP contribution in [0.25, 0.3) is 0 Å². The van der Waals surface area contributed by atoms with Gasteiger partial charge in [0.15, 0.2) is 11.6 Å². The van der Waals surface area contributed by atoms with Crippen LogP contribution in [0.1, 0.15) is 64.7 Å². The van der Waals surface area contributed by atoms with Gasteiger partial charge in [-0.2, -0.15) is 15.0 Å². The molecule has 1 saturated carbocycles. The third-order valence-corrected chi connectivity index (χ3v) is 7.11. The first-order valence-corrected chi connectivity index (χ1v) is 12.7. The van der Waals surface area contributed by atoms with Crippen LogP contribution < -0.4 is 26.0 Å². The molecule has 0 amide bonds. The Kier molecular flexibility index (Phi) is 8.37. The summed E-state index contributed by atoms with van der Waals surface area (Å²) in [7, 11) is 1.46. The van der Waals surface area contributed by atoms with Crippen molar-refractivity contribution in [2.75, 3.05) is 36.1 Å². The van der Waals surface area contributed by atoms with Crippen molar-refractivity contribution in [1.82, 2.24) is 20.3 Å². The highest BCUT2D eigenvalue weighted by molar-refractivity contribution is 5.61. The summed E-state index contributed by atoms with van der Waals surface area (Å²) in [4.78, 5) is 15.6. The average molecular weight is 472 g/mol. The lowest BCUT2D eigenvalue weighted by atomic mass is 10.0. The van der Waals surface area contributed by atoms with Crippen LogP contribution in [0.4, 0.5) is 27.9 Å². The van der Waals surface area contributed by atoms with Gasteiger partial charge in [-0.3, -0.25) is 0 Å². The summed E-state index contributed by atoms with van der Waals surface area (Å²) in [6.45, 7) is 3.92. The monoisotopic (exact) mass is 471 g/mol. The second-order valence-corrected chi connectivity index (χ2v) is 9.42. The van der Waals surface area contributed by atoms with Gasteiger partial charge in [0.2, 0.25) is 17.8 Å². The van der Waals surface area contributed by atoms with E-state index in [-0.39, 0.29) is 23.8 Å². The molecule has 2 fully saturated rings. The molecule has 1 aliphatic carbocycles. The number of ether oxygens (including phenoxy) is 1. The number of nitrogens with one attached hydrogen (secondary N) is 2. The summed E-state index contributed by atoms with van der Waals surface area (Å²) in [6.07, 6.45) is 10.6. The van der Waals surface area contributed by atoms with Crippen molar-refractivity contribution in [3.8, 4) is 5.75 Å². The Morgan fingerprint density at radius 1 is 1.15 bits per heavy atom. The first kappa shape index (κ1) is 24.4. The minimum atomic E-state index is -0.423. The molecule has 1 saturated heterocycles. The SMILES string of the molecule is CCC(C1CCCN1)N(c1ccc(OC)c(F)c1)c1nc(N)nc(NCC2CCCCCC2)n1. The molecular formula is C25H38FN7O. The molecule has 2 aliphatic rings. The number of nitrogen functional groups attached to an aromatic ring is 1. The number of nitrogens with two attached hydrogens (primary N) is 1. The lowest BCUT2D eigenvalue weighted by Gasteiger charge is -2.35. The highest BCUT2D eigenvalue weighted by Crippen LogP contribution is 2.33. The quantitative estimate of drug-likeness (QED) is 0.454. The molecule has 8 nitrogen and oxygen atoms in total. The van der Waals surface area contributed by atoms with Gasteiger partial charge >= 0.3 is 0 Å². The molecule has 0 spiro atoms. The molecule has 0 radical (unpaired) electrons. The molecule has 0 bridgehead atoms. The van der Waals surface area contributed by atoms with Gasteiger partial charge in [0.25, 0.3) is 0 Å². The molecule has 1 aliphatic heterocycles. The van der Waals surface area contributed by atoms with Gasteiger partial charge in [-0.15, -0.1) is 0 Å². The molecular weight excluding hydrogens is 433 g/mol. The Morgan fingerprint density at radius 3 is 2.59 bits per heavy atom. The van der Waals surface area contributed by atoms with Gasteiger partial charge < -0.3 is 26.0 Å².